The Labute approximate surface area is 122 Å². The van der Waals surface area contributed by atoms with Crippen molar-refractivity contribution in [2.45, 2.75) is 51.5 Å². The van der Waals surface area contributed by atoms with Crippen LogP contribution in [0.2, 0.25) is 0 Å². The van der Waals surface area contributed by atoms with Gasteiger partial charge in [-0.1, -0.05) is 19.8 Å². The van der Waals surface area contributed by atoms with Crippen molar-refractivity contribution >= 4 is 21.8 Å². The molecule has 1 unspecified atom stereocenters. The molecule has 0 N–H and O–H groups in total. The first kappa shape index (κ1) is 15.5. The van der Waals surface area contributed by atoms with Crippen molar-refractivity contribution in [3.05, 3.63) is 0 Å². The summed E-state index contributed by atoms with van der Waals surface area (Å²) in [4.78, 5) is 0. The number of hydrogen-bond acceptors (Lipinski definition) is 2. The first-order chi connectivity index (χ1) is 9.09. The van der Waals surface area contributed by atoms with Crippen molar-refractivity contribution in [2.75, 3.05) is 25.5 Å². The van der Waals surface area contributed by atoms with Crippen LogP contribution < -0.4 is 0 Å². The van der Waals surface area contributed by atoms with E-state index in [0.29, 0.717) is 31.4 Å². The number of nitrogens with zero attached hydrogens (tertiary/aromatic N) is 2. The van der Waals surface area contributed by atoms with E-state index in [4.69, 9.17) is 11.6 Å². The van der Waals surface area contributed by atoms with Crippen LogP contribution in [-0.2, 0) is 10.2 Å². The van der Waals surface area contributed by atoms with Crippen molar-refractivity contribution in [3.63, 3.8) is 0 Å². The maximum atomic E-state index is 12.7. The Balaban J connectivity index is 2.05. The van der Waals surface area contributed by atoms with E-state index < -0.39 is 10.2 Å². The van der Waals surface area contributed by atoms with Crippen molar-refractivity contribution < 1.29 is 8.42 Å². The third-order valence-corrected chi connectivity index (χ3v) is 6.97. The fraction of sp³-hybridized carbons (Fsp3) is 1.00. The quantitative estimate of drug-likeness (QED) is 0.749. The van der Waals surface area contributed by atoms with Gasteiger partial charge in [0.1, 0.15) is 0 Å². The Kier molecular flexibility index (Phi) is 5.52. The molecular formula is C13H25ClN2O2S. The Morgan fingerprint density at radius 2 is 1.79 bits per heavy atom. The minimum atomic E-state index is -3.30. The molecule has 112 valence electrons. The molecule has 2 aliphatic heterocycles. The SMILES string of the molecule is CCC1CCN(S(=O)(=O)N2CCCCC2CCl)CC1. The molecule has 0 aromatic carbocycles. The molecule has 0 radical (unpaired) electrons. The monoisotopic (exact) mass is 308 g/mol. The predicted molar refractivity (Wildman–Crippen MR) is 78.6 cm³/mol. The molecule has 2 rings (SSSR count). The van der Waals surface area contributed by atoms with Crippen LogP contribution in [0.15, 0.2) is 0 Å². The van der Waals surface area contributed by atoms with Gasteiger partial charge in [-0.3, -0.25) is 0 Å². The number of piperidine rings is 2. The van der Waals surface area contributed by atoms with Gasteiger partial charge in [-0.05, 0) is 31.6 Å². The molecule has 2 aliphatic rings. The summed E-state index contributed by atoms with van der Waals surface area (Å²) in [6.45, 7) is 4.16. The second-order valence-corrected chi connectivity index (χ2v) is 7.86. The smallest absolute Gasteiger partial charge is 0.195 e. The van der Waals surface area contributed by atoms with E-state index >= 15 is 0 Å². The van der Waals surface area contributed by atoms with Crippen molar-refractivity contribution in [3.8, 4) is 0 Å². The Morgan fingerprint density at radius 1 is 1.11 bits per heavy atom. The van der Waals surface area contributed by atoms with Gasteiger partial charge in [-0.25, -0.2) is 0 Å². The summed E-state index contributed by atoms with van der Waals surface area (Å²) in [5.74, 6) is 1.10. The average Bonchev–Trinajstić information content (AvgIpc) is 2.47. The molecule has 0 spiro atoms. The summed E-state index contributed by atoms with van der Waals surface area (Å²) >= 11 is 5.94. The van der Waals surface area contributed by atoms with Crippen LogP contribution in [0.1, 0.15) is 45.4 Å². The number of rotatable bonds is 4. The minimum Gasteiger partial charge on any atom is -0.195 e. The molecule has 4 nitrogen and oxygen atoms in total. The van der Waals surface area contributed by atoms with Crippen LogP contribution in [0, 0.1) is 5.92 Å². The molecule has 0 saturated carbocycles. The van der Waals surface area contributed by atoms with E-state index in [1.54, 1.807) is 8.61 Å². The molecule has 2 heterocycles. The molecular weight excluding hydrogens is 284 g/mol. The van der Waals surface area contributed by atoms with Crippen molar-refractivity contribution in [1.29, 1.82) is 0 Å². The maximum absolute atomic E-state index is 12.7. The van der Waals surface area contributed by atoms with Crippen LogP contribution in [0.5, 0.6) is 0 Å². The van der Waals surface area contributed by atoms with E-state index in [-0.39, 0.29) is 6.04 Å². The highest BCUT2D eigenvalue weighted by Gasteiger charge is 2.37. The molecule has 0 aliphatic carbocycles. The topological polar surface area (TPSA) is 40.6 Å². The van der Waals surface area contributed by atoms with Crippen LogP contribution >= 0.6 is 11.6 Å². The van der Waals surface area contributed by atoms with Crippen LogP contribution in [0.4, 0.5) is 0 Å². The van der Waals surface area contributed by atoms with Crippen molar-refractivity contribution in [1.82, 2.24) is 8.61 Å². The summed E-state index contributed by atoms with van der Waals surface area (Å²) in [6, 6.07) is -0.00989. The van der Waals surface area contributed by atoms with Crippen molar-refractivity contribution in [2.24, 2.45) is 5.92 Å². The van der Waals surface area contributed by atoms with E-state index in [9.17, 15) is 8.42 Å². The van der Waals surface area contributed by atoms with Gasteiger partial charge in [-0.15, -0.1) is 11.6 Å². The Hall–Kier alpha value is 0.160. The van der Waals surface area contributed by atoms with E-state index in [2.05, 4.69) is 6.92 Å². The first-order valence-electron chi connectivity index (χ1n) is 7.42. The van der Waals surface area contributed by atoms with E-state index in [1.165, 1.54) is 0 Å². The number of hydrogen-bond donors (Lipinski definition) is 0. The zero-order valence-electron chi connectivity index (χ0n) is 11.7. The lowest BCUT2D eigenvalue weighted by Crippen LogP contribution is -2.53. The van der Waals surface area contributed by atoms with Gasteiger partial charge in [0.25, 0.3) is 10.2 Å². The third-order valence-electron chi connectivity index (χ3n) is 4.52. The predicted octanol–water partition coefficient (Wildman–Crippen LogP) is 2.45. The summed E-state index contributed by atoms with van der Waals surface area (Å²) in [6.07, 6.45) is 6.08. The van der Waals surface area contributed by atoms with Gasteiger partial charge >= 0.3 is 0 Å². The van der Waals surface area contributed by atoms with Gasteiger partial charge in [0.2, 0.25) is 0 Å². The third kappa shape index (κ3) is 3.43. The van der Waals surface area contributed by atoms with Gasteiger partial charge in [0.05, 0.1) is 0 Å². The maximum Gasteiger partial charge on any atom is 0.282 e. The summed E-state index contributed by atoms with van der Waals surface area (Å²) < 4.78 is 28.7. The zero-order valence-corrected chi connectivity index (χ0v) is 13.3. The Bertz CT molecular complexity index is 380. The lowest BCUT2D eigenvalue weighted by Gasteiger charge is -2.39. The standard InChI is InChI=1S/C13H25ClN2O2S/c1-2-12-6-9-15(10-7-12)19(17,18)16-8-4-3-5-13(16)11-14/h12-13H,2-11H2,1H3. The van der Waals surface area contributed by atoms with Crippen LogP contribution in [-0.4, -0.2) is 48.6 Å². The largest absolute Gasteiger partial charge is 0.282 e. The zero-order chi connectivity index (χ0) is 13.9. The van der Waals surface area contributed by atoms with E-state index in [1.807, 2.05) is 0 Å². The van der Waals surface area contributed by atoms with Crippen LogP contribution in [0.3, 0.4) is 0 Å². The van der Waals surface area contributed by atoms with E-state index in [0.717, 1.165) is 38.5 Å². The highest BCUT2D eigenvalue weighted by atomic mass is 35.5. The van der Waals surface area contributed by atoms with Crippen LogP contribution in [0.25, 0.3) is 0 Å². The molecule has 0 bridgehead atoms. The lowest BCUT2D eigenvalue weighted by atomic mass is 9.96. The normalized spacial score (nSPS) is 28.6. The molecule has 6 heteroatoms. The lowest BCUT2D eigenvalue weighted by molar-refractivity contribution is 0.218. The molecule has 0 amide bonds. The second kappa shape index (κ2) is 6.74. The summed E-state index contributed by atoms with van der Waals surface area (Å²) in [5.41, 5.74) is 0. The summed E-state index contributed by atoms with van der Waals surface area (Å²) in [5, 5.41) is 0. The minimum absolute atomic E-state index is 0.00989. The molecule has 0 aromatic rings. The van der Waals surface area contributed by atoms with Gasteiger partial charge in [0, 0.05) is 31.6 Å². The number of halogens is 1. The average molecular weight is 309 g/mol. The highest BCUT2D eigenvalue weighted by Crippen LogP contribution is 2.27. The Morgan fingerprint density at radius 3 is 2.37 bits per heavy atom. The van der Waals surface area contributed by atoms with Gasteiger partial charge in [0.15, 0.2) is 0 Å². The molecule has 2 saturated heterocycles. The molecule has 0 aromatic heterocycles. The second-order valence-electron chi connectivity index (χ2n) is 5.67. The fourth-order valence-corrected chi connectivity index (χ4v) is 5.42. The number of alkyl halides is 1. The fourth-order valence-electron chi connectivity index (χ4n) is 3.13. The van der Waals surface area contributed by atoms with Gasteiger partial charge < -0.3 is 0 Å². The van der Waals surface area contributed by atoms with Gasteiger partial charge in [-0.2, -0.15) is 17.0 Å². The molecule has 1 atom stereocenters. The molecule has 2 fully saturated rings. The summed E-state index contributed by atoms with van der Waals surface area (Å²) in [7, 11) is -3.30. The highest BCUT2D eigenvalue weighted by molar-refractivity contribution is 7.86. The first-order valence-corrected chi connectivity index (χ1v) is 9.35. The molecule has 19 heavy (non-hydrogen) atoms.